The molecule has 2 aromatic carbocycles. The summed E-state index contributed by atoms with van der Waals surface area (Å²) in [4.78, 5) is 31.5. The van der Waals surface area contributed by atoms with Crippen LogP contribution in [-0.4, -0.2) is 28.5 Å². The summed E-state index contributed by atoms with van der Waals surface area (Å²) >= 11 is 0. The zero-order valence-electron chi connectivity index (χ0n) is 17.2. The van der Waals surface area contributed by atoms with Gasteiger partial charge in [0.1, 0.15) is 0 Å². The first-order valence-electron chi connectivity index (χ1n) is 10.7. The first kappa shape index (κ1) is 19.5. The molecule has 158 valence electrons. The molecule has 3 aromatic rings. The van der Waals surface area contributed by atoms with Gasteiger partial charge in [0.2, 0.25) is 23.5 Å². The van der Waals surface area contributed by atoms with E-state index in [-0.39, 0.29) is 24.2 Å². The maximum Gasteiger partial charge on any atom is 0.230 e. The summed E-state index contributed by atoms with van der Waals surface area (Å²) in [5.74, 6) is 1.08. The molecule has 1 N–H and O–H groups in total. The summed E-state index contributed by atoms with van der Waals surface area (Å²) < 4.78 is 5.43. The highest BCUT2D eigenvalue weighted by Gasteiger charge is 2.35. The minimum absolute atomic E-state index is 0.0553. The Morgan fingerprint density at radius 1 is 1.13 bits per heavy atom. The van der Waals surface area contributed by atoms with Gasteiger partial charge >= 0.3 is 0 Å². The number of amides is 2. The monoisotopic (exact) mass is 416 g/mol. The van der Waals surface area contributed by atoms with Gasteiger partial charge in [-0.05, 0) is 30.5 Å². The predicted molar refractivity (Wildman–Crippen MR) is 115 cm³/mol. The molecule has 1 aliphatic heterocycles. The van der Waals surface area contributed by atoms with Crippen molar-refractivity contribution in [3.05, 3.63) is 66.1 Å². The number of nitrogens with one attached hydrogen (secondary N) is 1. The molecule has 2 heterocycles. The third-order valence-electron chi connectivity index (χ3n) is 6.12. The van der Waals surface area contributed by atoms with Crippen LogP contribution in [0, 0.1) is 5.92 Å². The average Bonchev–Trinajstić information content (AvgIpc) is 3.39. The van der Waals surface area contributed by atoms with Crippen molar-refractivity contribution in [2.24, 2.45) is 5.92 Å². The van der Waals surface area contributed by atoms with Crippen LogP contribution in [0.15, 0.2) is 59.1 Å². The molecule has 0 unspecified atom stereocenters. The molecule has 2 fully saturated rings. The molecule has 1 atom stereocenters. The molecule has 1 saturated heterocycles. The Kier molecular flexibility index (Phi) is 5.24. The van der Waals surface area contributed by atoms with Crippen LogP contribution in [0.2, 0.25) is 0 Å². The van der Waals surface area contributed by atoms with Gasteiger partial charge in [-0.15, -0.1) is 0 Å². The highest BCUT2D eigenvalue weighted by molar-refractivity contribution is 6.00. The fraction of sp³-hybridized carbons (Fsp3) is 0.333. The van der Waals surface area contributed by atoms with E-state index in [0.717, 1.165) is 29.7 Å². The number of aromatic nitrogens is 2. The molecule has 0 spiro atoms. The number of rotatable bonds is 6. The van der Waals surface area contributed by atoms with Crippen molar-refractivity contribution in [1.82, 2.24) is 15.5 Å². The number of carbonyl (C=O) groups is 2. The Hall–Kier alpha value is -3.48. The van der Waals surface area contributed by atoms with Gasteiger partial charge in [-0.3, -0.25) is 9.59 Å². The molecule has 2 aliphatic rings. The Balaban J connectivity index is 1.26. The van der Waals surface area contributed by atoms with Gasteiger partial charge in [0, 0.05) is 36.7 Å². The Bertz CT molecular complexity index is 1090. The summed E-state index contributed by atoms with van der Waals surface area (Å²) in [7, 11) is 0. The van der Waals surface area contributed by atoms with Crippen LogP contribution in [0.4, 0.5) is 5.69 Å². The number of hydrogen-bond acceptors (Lipinski definition) is 5. The van der Waals surface area contributed by atoms with Crippen LogP contribution in [0.3, 0.4) is 0 Å². The lowest BCUT2D eigenvalue weighted by Crippen LogP contribution is -2.32. The van der Waals surface area contributed by atoms with Crippen molar-refractivity contribution < 1.29 is 14.1 Å². The molecule has 1 saturated carbocycles. The maximum atomic E-state index is 12.6. The summed E-state index contributed by atoms with van der Waals surface area (Å²) in [5, 5.41) is 7.06. The van der Waals surface area contributed by atoms with Gasteiger partial charge in [0.05, 0.1) is 5.92 Å². The smallest absolute Gasteiger partial charge is 0.230 e. The molecular weight excluding hydrogens is 392 g/mol. The van der Waals surface area contributed by atoms with Gasteiger partial charge in [0.25, 0.3) is 0 Å². The maximum absolute atomic E-state index is 12.6. The van der Waals surface area contributed by atoms with E-state index in [4.69, 9.17) is 4.52 Å². The second-order valence-electron chi connectivity index (χ2n) is 8.24. The molecule has 0 radical (unpaired) electrons. The minimum atomic E-state index is -0.365. The standard InChI is InChI=1S/C24H24N4O3/c29-21-13-19(23(30)25-14-16-6-2-1-3-7-16)15-28(21)20-11-5-10-18(12-20)22-26-24(31-27-22)17-8-4-9-17/h1-3,5-7,10-12,17,19H,4,8-9,13-15H2,(H,25,30)/t19-/m0/s1. The van der Waals surface area contributed by atoms with Crippen molar-refractivity contribution in [2.45, 2.75) is 38.1 Å². The highest BCUT2D eigenvalue weighted by Crippen LogP contribution is 2.36. The van der Waals surface area contributed by atoms with E-state index in [2.05, 4.69) is 15.5 Å². The lowest BCUT2D eigenvalue weighted by Gasteiger charge is -2.20. The molecule has 31 heavy (non-hydrogen) atoms. The number of nitrogens with zero attached hydrogens (tertiary/aromatic N) is 3. The number of benzene rings is 2. The van der Waals surface area contributed by atoms with Crippen molar-refractivity contribution in [2.75, 3.05) is 11.4 Å². The fourth-order valence-corrected chi connectivity index (χ4v) is 4.05. The largest absolute Gasteiger partial charge is 0.352 e. The number of hydrogen-bond donors (Lipinski definition) is 1. The lowest BCUT2D eigenvalue weighted by atomic mass is 9.85. The minimum Gasteiger partial charge on any atom is -0.352 e. The van der Waals surface area contributed by atoms with Crippen molar-refractivity contribution >= 4 is 17.5 Å². The van der Waals surface area contributed by atoms with E-state index in [9.17, 15) is 9.59 Å². The third-order valence-corrected chi connectivity index (χ3v) is 6.12. The second-order valence-corrected chi connectivity index (χ2v) is 8.24. The Labute approximate surface area is 180 Å². The van der Waals surface area contributed by atoms with E-state index < -0.39 is 0 Å². The van der Waals surface area contributed by atoms with Gasteiger partial charge in [-0.1, -0.05) is 54.0 Å². The van der Waals surface area contributed by atoms with E-state index >= 15 is 0 Å². The molecular formula is C24H24N4O3. The van der Waals surface area contributed by atoms with Crippen molar-refractivity contribution in [1.29, 1.82) is 0 Å². The SMILES string of the molecule is O=C(NCc1ccccc1)[C@H]1CC(=O)N(c2cccc(-c3noc(C4CCC4)n3)c2)C1. The molecule has 1 aliphatic carbocycles. The van der Waals surface area contributed by atoms with E-state index in [1.807, 2.05) is 54.6 Å². The van der Waals surface area contributed by atoms with Gasteiger partial charge in [-0.2, -0.15) is 4.98 Å². The average molecular weight is 416 g/mol. The van der Waals surface area contributed by atoms with Gasteiger partial charge in [0.15, 0.2) is 0 Å². The Morgan fingerprint density at radius 3 is 2.74 bits per heavy atom. The first-order chi connectivity index (χ1) is 15.2. The van der Waals surface area contributed by atoms with Crippen LogP contribution in [0.5, 0.6) is 0 Å². The van der Waals surface area contributed by atoms with E-state index in [1.165, 1.54) is 6.42 Å². The second kappa shape index (κ2) is 8.34. The third kappa shape index (κ3) is 4.08. The van der Waals surface area contributed by atoms with Crippen molar-refractivity contribution in [3.8, 4) is 11.4 Å². The number of carbonyl (C=O) groups excluding carboxylic acids is 2. The van der Waals surface area contributed by atoms with Crippen LogP contribution >= 0.6 is 0 Å². The van der Waals surface area contributed by atoms with Crippen LogP contribution in [0.25, 0.3) is 11.4 Å². The van der Waals surface area contributed by atoms with Crippen LogP contribution in [0.1, 0.15) is 43.1 Å². The molecule has 7 nitrogen and oxygen atoms in total. The fourth-order valence-electron chi connectivity index (χ4n) is 4.05. The zero-order valence-corrected chi connectivity index (χ0v) is 17.2. The summed E-state index contributed by atoms with van der Waals surface area (Å²) in [6.07, 6.45) is 3.60. The normalized spacial score (nSPS) is 18.8. The Morgan fingerprint density at radius 2 is 1.97 bits per heavy atom. The lowest BCUT2D eigenvalue weighted by molar-refractivity contribution is -0.126. The highest BCUT2D eigenvalue weighted by atomic mass is 16.5. The molecule has 5 rings (SSSR count). The zero-order chi connectivity index (χ0) is 21.2. The topological polar surface area (TPSA) is 88.3 Å². The van der Waals surface area contributed by atoms with Gasteiger partial charge < -0.3 is 14.7 Å². The molecule has 2 amide bonds. The molecule has 0 bridgehead atoms. The van der Waals surface area contributed by atoms with Crippen LogP contribution in [-0.2, 0) is 16.1 Å². The van der Waals surface area contributed by atoms with Crippen molar-refractivity contribution in [3.63, 3.8) is 0 Å². The summed E-state index contributed by atoms with van der Waals surface area (Å²) in [6.45, 7) is 0.823. The summed E-state index contributed by atoms with van der Waals surface area (Å²) in [6, 6.07) is 17.3. The first-order valence-corrected chi connectivity index (χ1v) is 10.7. The predicted octanol–water partition coefficient (Wildman–Crippen LogP) is 3.67. The quantitative estimate of drug-likeness (QED) is 0.662. The summed E-state index contributed by atoms with van der Waals surface area (Å²) in [5.41, 5.74) is 2.58. The molecule has 7 heteroatoms. The van der Waals surface area contributed by atoms with Crippen LogP contribution < -0.4 is 10.2 Å². The van der Waals surface area contributed by atoms with Gasteiger partial charge in [-0.25, -0.2) is 0 Å². The number of anilines is 1. The van der Waals surface area contributed by atoms with E-state index in [0.29, 0.717) is 30.7 Å². The molecule has 1 aromatic heterocycles. The van der Waals surface area contributed by atoms with E-state index in [1.54, 1.807) is 4.90 Å².